The summed E-state index contributed by atoms with van der Waals surface area (Å²) in [4.78, 5) is 20.2. The highest BCUT2D eigenvalue weighted by atomic mass is 32.2. The first-order chi connectivity index (χ1) is 15.5. The number of amides is 1. The van der Waals surface area contributed by atoms with Crippen molar-refractivity contribution in [3.63, 3.8) is 0 Å². The van der Waals surface area contributed by atoms with E-state index in [1.165, 1.54) is 12.1 Å². The molecule has 0 aliphatic carbocycles. The molecular formula is C20H16F6N4O2S. The Morgan fingerprint density at radius 1 is 1.27 bits per heavy atom. The van der Waals surface area contributed by atoms with Crippen LogP contribution in [0.2, 0.25) is 0 Å². The molecule has 0 saturated carbocycles. The van der Waals surface area contributed by atoms with Gasteiger partial charge in [-0.1, -0.05) is 11.8 Å². The van der Waals surface area contributed by atoms with Crippen LogP contribution < -0.4 is 11.1 Å². The number of rotatable bonds is 4. The van der Waals surface area contributed by atoms with Gasteiger partial charge < -0.3 is 15.8 Å². The third kappa shape index (κ3) is 4.38. The van der Waals surface area contributed by atoms with E-state index in [2.05, 4.69) is 15.3 Å². The molecule has 13 heteroatoms. The summed E-state index contributed by atoms with van der Waals surface area (Å²) in [5.41, 5.74) is 2.97. The number of fused-ring (bicyclic) bond motifs is 1. The third-order valence-electron chi connectivity index (χ3n) is 5.49. The molecule has 1 aromatic heterocycles. The van der Waals surface area contributed by atoms with Crippen LogP contribution in [0.25, 0.3) is 0 Å². The van der Waals surface area contributed by atoms with Crippen LogP contribution in [0, 0.1) is 11.7 Å². The zero-order valence-electron chi connectivity index (χ0n) is 16.6. The number of nitrogens with one attached hydrogen (secondary N) is 1. The van der Waals surface area contributed by atoms with E-state index in [4.69, 9.17) is 10.5 Å². The van der Waals surface area contributed by atoms with Gasteiger partial charge >= 0.3 is 6.18 Å². The predicted octanol–water partition coefficient (Wildman–Crippen LogP) is 4.03. The molecule has 4 rings (SSSR count). The van der Waals surface area contributed by atoms with Crippen LogP contribution in [0.5, 0.6) is 0 Å². The number of alkyl halides is 5. The minimum atomic E-state index is -4.61. The molecule has 0 radical (unpaired) electrons. The van der Waals surface area contributed by atoms with Crippen molar-refractivity contribution in [2.45, 2.75) is 24.2 Å². The van der Waals surface area contributed by atoms with Crippen LogP contribution in [0.3, 0.4) is 0 Å². The van der Waals surface area contributed by atoms with E-state index in [9.17, 15) is 31.1 Å². The van der Waals surface area contributed by atoms with E-state index in [-0.39, 0.29) is 34.5 Å². The van der Waals surface area contributed by atoms with Crippen molar-refractivity contribution in [1.82, 2.24) is 4.98 Å². The highest BCUT2D eigenvalue weighted by Gasteiger charge is 2.56. The van der Waals surface area contributed by atoms with Crippen molar-refractivity contribution in [3.8, 4) is 0 Å². The van der Waals surface area contributed by atoms with Gasteiger partial charge in [-0.2, -0.15) is 13.2 Å². The summed E-state index contributed by atoms with van der Waals surface area (Å²) in [5, 5.41) is 2.51. The number of pyridine rings is 1. The predicted molar refractivity (Wildman–Crippen MR) is 109 cm³/mol. The van der Waals surface area contributed by atoms with Crippen LogP contribution in [-0.2, 0) is 16.5 Å². The van der Waals surface area contributed by atoms with E-state index in [0.29, 0.717) is 12.3 Å². The third-order valence-corrected chi connectivity index (χ3v) is 6.40. The SMILES string of the molecule is NC1=NC2(c3cc(NC(=O)c4ccc(C(F)(F)F)cn4)ccc3F)CO[C@H](C(F)F)C2CS1. The van der Waals surface area contributed by atoms with Gasteiger partial charge in [-0.15, -0.1) is 0 Å². The standard InChI is InChI=1S/C20H16F6N4O2S/c21-13-3-2-10(29-17(31)14-4-1-9(6-28-14)20(24,25)26)5-11(13)19-8-32-15(16(22)23)12(19)7-33-18(27)30-19/h1-6,12,15-16H,7-8H2,(H2,27,30)(H,29,31)/t12?,15-,19?/m0/s1. The molecule has 3 N–H and O–H groups in total. The molecule has 1 saturated heterocycles. The zero-order valence-corrected chi connectivity index (χ0v) is 17.4. The number of carbonyl (C=O) groups is 1. The van der Waals surface area contributed by atoms with Crippen LogP contribution in [0.1, 0.15) is 21.6 Å². The van der Waals surface area contributed by atoms with Gasteiger partial charge in [0.2, 0.25) is 0 Å². The zero-order chi connectivity index (χ0) is 24.0. The molecule has 0 bridgehead atoms. The fourth-order valence-corrected chi connectivity index (χ4v) is 4.93. The van der Waals surface area contributed by atoms with Gasteiger partial charge in [-0.25, -0.2) is 18.2 Å². The van der Waals surface area contributed by atoms with Gasteiger partial charge in [0, 0.05) is 29.1 Å². The normalized spacial score (nSPS) is 25.0. The Morgan fingerprint density at radius 3 is 2.67 bits per heavy atom. The molecule has 3 atom stereocenters. The van der Waals surface area contributed by atoms with Gasteiger partial charge in [0.25, 0.3) is 12.3 Å². The molecule has 3 heterocycles. The number of aromatic nitrogens is 1. The van der Waals surface area contributed by atoms with Crippen molar-refractivity contribution in [1.29, 1.82) is 0 Å². The van der Waals surface area contributed by atoms with Gasteiger partial charge in [0.05, 0.1) is 12.2 Å². The summed E-state index contributed by atoms with van der Waals surface area (Å²) in [5.74, 6) is -2.33. The van der Waals surface area contributed by atoms with Crippen molar-refractivity contribution >= 4 is 28.5 Å². The van der Waals surface area contributed by atoms with Gasteiger partial charge in [-0.3, -0.25) is 9.78 Å². The highest BCUT2D eigenvalue weighted by molar-refractivity contribution is 8.13. The number of hydrogen-bond acceptors (Lipinski definition) is 6. The van der Waals surface area contributed by atoms with Crippen LogP contribution in [-0.4, -0.2) is 40.9 Å². The molecule has 33 heavy (non-hydrogen) atoms. The molecule has 0 spiro atoms. The summed E-state index contributed by atoms with van der Waals surface area (Å²) >= 11 is 1.06. The molecule has 176 valence electrons. The summed E-state index contributed by atoms with van der Waals surface area (Å²) in [6.07, 6.45) is -8.37. The van der Waals surface area contributed by atoms with E-state index >= 15 is 0 Å². The number of hydrogen-bond donors (Lipinski definition) is 2. The molecule has 2 aliphatic heterocycles. The lowest BCUT2D eigenvalue weighted by Gasteiger charge is -2.35. The molecule has 1 amide bonds. The van der Waals surface area contributed by atoms with Gasteiger partial charge in [0.15, 0.2) is 5.17 Å². The van der Waals surface area contributed by atoms with Crippen LogP contribution in [0.4, 0.5) is 32.0 Å². The quantitative estimate of drug-likeness (QED) is 0.632. The smallest absolute Gasteiger partial charge is 0.379 e. The van der Waals surface area contributed by atoms with Crippen molar-refractivity contribution in [2.75, 3.05) is 17.7 Å². The van der Waals surface area contributed by atoms with Crippen molar-refractivity contribution in [2.24, 2.45) is 16.6 Å². The minimum Gasteiger partial charge on any atom is -0.379 e. The van der Waals surface area contributed by atoms with E-state index in [1.54, 1.807) is 0 Å². The monoisotopic (exact) mass is 490 g/mol. The maximum absolute atomic E-state index is 14.9. The number of nitrogens with zero attached hydrogens (tertiary/aromatic N) is 2. The molecule has 2 aromatic rings. The largest absolute Gasteiger partial charge is 0.417 e. The van der Waals surface area contributed by atoms with Gasteiger partial charge in [-0.05, 0) is 30.3 Å². The lowest BCUT2D eigenvalue weighted by Crippen LogP contribution is -2.43. The van der Waals surface area contributed by atoms with Crippen LogP contribution in [0.15, 0.2) is 41.5 Å². The molecule has 6 nitrogen and oxygen atoms in total. The number of aliphatic imine (C=N–C) groups is 1. The first-order valence-corrected chi connectivity index (χ1v) is 10.5. The molecule has 2 unspecified atom stereocenters. The Balaban J connectivity index is 1.64. The van der Waals surface area contributed by atoms with E-state index in [0.717, 1.165) is 23.9 Å². The molecule has 1 aromatic carbocycles. The van der Waals surface area contributed by atoms with Gasteiger partial charge in [0.1, 0.15) is 23.2 Å². The lowest BCUT2D eigenvalue weighted by atomic mass is 9.78. The second kappa shape index (κ2) is 8.52. The minimum absolute atomic E-state index is 0.0683. The summed E-state index contributed by atoms with van der Waals surface area (Å²) in [7, 11) is 0. The van der Waals surface area contributed by atoms with Crippen LogP contribution >= 0.6 is 11.8 Å². The summed E-state index contributed by atoms with van der Waals surface area (Å²) < 4.78 is 85.2. The average molecular weight is 490 g/mol. The highest BCUT2D eigenvalue weighted by Crippen LogP contribution is 2.49. The second-order valence-electron chi connectivity index (χ2n) is 7.48. The summed E-state index contributed by atoms with van der Waals surface area (Å²) in [6.45, 7) is -0.331. The maximum Gasteiger partial charge on any atom is 0.417 e. The lowest BCUT2D eigenvalue weighted by molar-refractivity contribution is -0.137. The Kier molecular flexibility index (Phi) is 6.03. The fourth-order valence-electron chi connectivity index (χ4n) is 3.88. The van der Waals surface area contributed by atoms with E-state index < -0.39 is 47.5 Å². The van der Waals surface area contributed by atoms with Crippen molar-refractivity contribution < 1.29 is 35.9 Å². The fraction of sp³-hybridized carbons (Fsp3) is 0.350. The second-order valence-corrected chi connectivity index (χ2v) is 8.52. The Labute approximate surface area is 187 Å². The number of amidine groups is 1. The molecular weight excluding hydrogens is 474 g/mol. The first kappa shape index (κ1) is 23.4. The topological polar surface area (TPSA) is 89.6 Å². The van der Waals surface area contributed by atoms with E-state index in [1.807, 2.05) is 0 Å². The Hall–Kier alpha value is -2.80. The number of halogens is 6. The number of ether oxygens (including phenoxy) is 1. The number of benzene rings is 1. The molecule has 2 aliphatic rings. The van der Waals surface area contributed by atoms with Crippen molar-refractivity contribution in [3.05, 3.63) is 59.2 Å². The number of anilines is 1. The number of nitrogens with two attached hydrogens (primary N) is 1. The molecule has 1 fully saturated rings. The Bertz CT molecular complexity index is 1090. The number of thioether (sulfide) groups is 1. The maximum atomic E-state index is 14.9. The Morgan fingerprint density at radius 2 is 2.03 bits per heavy atom. The summed E-state index contributed by atoms with van der Waals surface area (Å²) in [6, 6.07) is 5.09. The first-order valence-electron chi connectivity index (χ1n) is 9.54. The number of carbonyl (C=O) groups excluding carboxylic acids is 1. The average Bonchev–Trinajstić information content (AvgIpc) is 3.14.